The molecule has 1 aliphatic rings. The van der Waals surface area contributed by atoms with E-state index < -0.39 is 33.1 Å². The van der Waals surface area contributed by atoms with E-state index in [0.717, 1.165) is 29.5 Å². The van der Waals surface area contributed by atoms with E-state index in [0.29, 0.717) is 24.0 Å². The van der Waals surface area contributed by atoms with Crippen molar-refractivity contribution in [2.45, 2.75) is 29.3 Å². The topological polar surface area (TPSA) is 67.4 Å². The average Bonchev–Trinajstić information content (AvgIpc) is 3.13. The first-order chi connectivity index (χ1) is 12.9. The number of sulfonamides is 1. The van der Waals surface area contributed by atoms with Gasteiger partial charge in [0.05, 0.1) is 11.3 Å². The highest BCUT2D eigenvalue weighted by atomic mass is 79.9. The van der Waals surface area contributed by atoms with E-state index in [1.165, 1.54) is 6.07 Å². The van der Waals surface area contributed by atoms with Crippen molar-refractivity contribution < 1.29 is 26.3 Å². The average molecular weight is 520 g/mol. The lowest BCUT2D eigenvalue weighted by atomic mass is 10.1. The lowest BCUT2D eigenvalue weighted by Gasteiger charge is -2.27. The lowest BCUT2D eigenvalue weighted by Crippen LogP contribution is -2.35. The van der Waals surface area contributed by atoms with Gasteiger partial charge in [-0.05, 0) is 47.6 Å². The highest BCUT2D eigenvalue weighted by molar-refractivity contribution is 9.10. The Morgan fingerprint density at radius 1 is 1.36 bits per heavy atom. The fraction of sp³-hybridized carbons (Fsp3) is 0.375. The van der Waals surface area contributed by atoms with Gasteiger partial charge in [0.15, 0.2) is 0 Å². The Bertz CT molecular complexity index is 970. The van der Waals surface area contributed by atoms with E-state index in [1.54, 1.807) is 6.92 Å². The fourth-order valence-corrected chi connectivity index (χ4v) is 6.07. The number of hydrogen-bond acceptors (Lipinski definition) is 5. The molecule has 154 valence electrons. The summed E-state index contributed by atoms with van der Waals surface area (Å²) in [5.41, 5.74) is -1.83. The van der Waals surface area contributed by atoms with E-state index >= 15 is 0 Å². The zero-order valence-electron chi connectivity index (χ0n) is 14.4. The molecule has 0 radical (unpaired) electrons. The molecular formula is C16H15BrClF3N2O3S2. The maximum atomic E-state index is 13.4. The third kappa shape index (κ3) is 4.76. The molecule has 0 spiro atoms. The summed E-state index contributed by atoms with van der Waals surface area (Å²) >= 11 is 9.83. The second-order valence-corrected chi connectivity index (χ2v) is 10.9. The van der Waals surface area contributed by atoms with Crippen LogP contribution in [0.2, 0.25) is 4.34 Å². The molecule has 0 amide bonds. The molecule has 1 saturated heterocycles. The first kappa shape index (κ1) is 21.7. The molecule has 1 fully saturated rings. The Morgan fingerprint density at radius 3 is 2.61 bits per heavy atom. The zero-order valence-corrected chi connectivity index (χ0v) is 18.3. The van der Waals surface area contributed by atoms with Crippen LogP contribution in [0.15, 0.2) is 32.9 Å². The molecule has 1 aromatic carbocycles. The summed E-state index contributed by atoms with van der Waals surface area (Å²) in [4.78, 5) is 0. The summed E-state index contributed by atoms with van der Waals surface area (Å²) in [6.07, 6.45) is -4.11. The van der Waals surface area contributed by atoms with Crippen LogP contribution in [0.1, 0.15) is 18.9 Å². The maximum Gasteiger partial charge on any atom is 0.419 e. The van der Waals surface area contributed by atoms with Gasteiger partial charge < -0.3 is 10.1 Å². The molecule has 1 atom stereocenters. The van der Waals surface area contributed by atoms with Crippen LogP contribution in [0.25, 0.3) is 0 Å². The van der Waals surface area contributed by atoms with Gasteiger partial charge in [-0.2, -0.15) is 13.2 Å². The minimum Gasteiger partial charge on any atom is -0.485 e. The quantitative estimate of drug-likeness (QED) is 0.576. The van der Waals surface area contributed by atoms with Gasteiger partial charge in [-0.3, -0.25) is 4.72 Å². The van der Waals surface area contributed by atoms with E-state index in [1.807, 2.05) is 0 Å². The van der Waals surface area contributed by atoms with E-state index in [4.69, 9.17) is 16.3 Å². The molecule has 1 aromatic heterocycles. The summed E-state index contributed by atoms with van der Waals surface area (Å²) < 4.78 is 73.7. The number of hydrogen-bond donors (Lipinski definition) is 2. The van der Waals surface area contributed by atoms with E-state index in [2.05, 4.69) is 26.0 Å². The van der Waals surface area contributed by atoms with Crippen LogP contribution in [-0.4, -0.2) is 27.1 Å². The number of ether oxygens (including phenoxy) is 1. The van der Waals surface area contributed by atoms with Crippen LogP contribution >= 0.6 is 38.9 Å². The third-order valence-corrected chi connectivity index (χ3v) is 8.44. The van der Waals surface area contributed by atoms with Crippen LogP contribution in [0.3, 0.4) is 0 Å². The summed E-state index contributed by atoms with van der Waals surface area (Å²) in [5, 5.41) is 3.04. The van der Waals surface area contributed by atoms with E-state index in [9.17, 15) is 21.6 Å². The fourth-order valence-electron chi connectivity index (χ4n) is 2.72. The molecule has 3 rings (SSSR count). The molecule has 0 bridgehead atoms. The summed E-state index contributed by atoms with van der Waals surface area (Å²) in [6, 6.07) is 4.22. The number of nitrogens with one attached hydrogen (secondary N) is 2. The summed E-state index contributed by atoms with van der Waals surface area (Å²) in [6.45, 7) is 2.72. The molecule has 12 heteroatoms. The van der Waals surface area contributed by atoms with Gasteiger partial charge in [0.1, 0.15) is 19.9 Å². The molecule has 5 nitrogen and oxygen atoms in total. The van der Waals surface area contributed by atoms with Crippen LogP contribution in [-0.2, 0) is 16.2 Å². The maximum absolute atomic E-state index is 13.4. The smallest absolute Gasteiger partial charge is 0.419 e. The second kappa shape index (κ2) is 7.67. The van der Waals surface area contributed by atoms with Gasteiger partial charge in [-0.1, -0.05) is 11.6 Å². The lowest BCUT2D eigenvalue weighted by molar-refractivity contribution is -0.139. The van der Waals surface area contributed by atoms with Gasteiger partial charge in [-0.15, -0.1) is 11.3 Å². The van der Waals surface area contributed by atoms with Crippen molar-refractivity contribution in [3.63, 3.8) is 0 Å². The van der Waals surface area contributed by atoms with Gasteiger partial charge in [-0.25, -0.2) is 8.42 Å². The molecule has 28 heavy (non-hydrogen) atoms. The minimum absolute atomic E-state index is 0.0433. The Hall–Kier alpha value is -1.01. The molecular weight excluding hydrogens is 505 g/mol. The second-order valence-electron chi connectivity index (χ2n) is 6.48. The Balaban J connectivity index is 1.95. The predicted octanol–water partition coefficient (Wildman–Crippen LogP) is 5.11. The highest BCUT2D eigenvalue weighted by Crippen LogP contribution is 2.41. The molecule has 1 aliphatic heterocycles. The van der Waals surface area contributed by atoms with Crippen LogP contribution in [0, 0.1) is 0 Å². The summed E-state index contributed by atoms with van der Waals surface area (Å²) in [7, 11) is -4.02. The van der Waals surface area contributed by atoms with E-state index in [-0.39, 0.29) is 14.2 Å². The number of alkyl halides is 3. The van der Waals surface area contributed by atoms with Crippen molar-refractivity contribution in [1.82, 2.24) is 5.32 Å². The molecule has 2 aromatic rings. The van der Waals surface area contributed by atoms with Gasteiger partial charge >= 0.3 is 6.18 Å². The normalized spacial score (nSPS) is 20.4. The number of thiophene rings is 1. The molecule has 0 saturated carbocycles. The van der Waals surface area contributed by atoms with Gasteiger partial charge in [0.2, 0.25) is 0 Å². The van der Waals surface area contributed by atoms with Crippen LogP contribution in [0.5, 0.6) is 5.75 Å². The number of rotatable bonds is 5. The van der Waals surface area contributed by atoms with Crippen molar-refractivity contribution in [2.24, 2.45) is 0 Å². The Labute approximate surface area is 177 Å². The van der Waals surface area contributed by atoms with Crippen molar-refractivity contribution in [3.8, 4) is 5.75 Å². The van der Waals surface area contributed by atoms with Crippen molar-refractivity contribution in [3.05, 3.63) is 38.6 Å². The molecule has 2 N–H and O–H groups in total. The minimum atomic E-state index is -4.64. The first-order valence-corrected chi connectivity index (χ1v) is 11.5. The Morgan fingerprint density at radius 2 is 2.07 bits per heavy atom. The highest BCUT2D eigenvalue weighted by Gasteiger charge is 2.38. The van der Waals surface area contributed by atoms with Gasteiger partial charge in [0, 0.05) is 23.5 Å². The SMILES string of the molecule is C[C@@]1(Oc2cc(NS(=O)(=O)c3cc(Br)c(Cl)s3)ccc2C(F)(F)F)CCNC1. The van der Waals surface area contributed by atoms with Crippen molar-refractivity contribution in [2.75, 3.05) is 17.8 Å². The van der Waals surface area contributed by atoms with Crippen LogP contribution < -0.4 is 14.8 Å². The first-order valence-electron chi connectivity index (χ1n) is 7.98. The Kier molecular flexibility index (Phi) is 5.95. The molecule has 0 unspecified atom stereocenters. The van der Waals surface area contributed by atoms with Crippen molar-refractivity contribution >= 4 is 54.6 Å². The monoisotopic (exact) mass is 518 g/mol. The molecule has 2 heterocycles. The number of halogens is 5. The standard InChI is InChI=1S/C16H15BrClF3N2O3S2/c1-15(4-5-22-8-15)26-12-6-9(2-3-10(12)16(19,20)21)23-28(24,25)13-7-11(17)14(18)27-13/h2-3,6-7,22-23H,4-5,8H2,1H3/t15-/m1/s1. The predicted molar refractivity (Wildman–Crippen MR) is 106 cm³/mol. The van der Waals surface area contributed by atoms with Crippen LogP contribution in [0.4, 0.5) is 18.9 Å². The van der Waals surface area contributed by atoms with Crippen molar-refractivity contribution in [1.29, 1.82) is 0 Å². The summed E-state index contributed by atoms with van der Waals surface area (Å²) in [5.74, 6) is -0.427. The molecule has 0 aliphatic carbocycles. The largest absolute Gasteiger partial charge is 0.485 e. The van der Waals surface area contributed by atoms with Gasteiger partial charge in [0.25, 0.3) is 10.0 Å². The number of anilines is 1. The zero-order chi connectivity index (χ0) is 20.7. The number of benzene rings is 1. The third-order valence-electron chi connectivity index (χ3n) is 4.11.